The van der Waals surface area contributed by atoms with Gasteiger partial charge in [0.05, 0.1) is 32.9 Å². The molecule has 0 radical (unpaired) electrons. The number of methoxy groups -OCH3 is 2. The molecular formula is C17H25N3O5. The van der Waals surface area contributed by atoms with Crippen molar-refractivity contribution in [2.24, 2.45) is 0 Å². The zero-order chi connectivity index (χ0) is 18.4. The molecular weight excluding hydrogens is 326 g/mol. The lowest BCUT2D eigenvalue weighted by Crippen LogP contribution is -2.48. The Morgan fingerprint density at radius 3 is 2.68 bits per heavy atom. The van der Waals surface area contributed by atoms with E-state index in [2.05, 4.69) is 10.6 Å². The van der Waals surface area contributed by atoms with Gasteiger partial charge in [-0.3, -0.25) is 4.79 Å². The van der Waals surface area contributed by atoms with Crippen LogP contribution >= 0.6 is 0 Å². The molecule has 0 aromatic heterocycles. The van der Waals surface area contributed by atoms with Crippen LogP contribution in [-0.4, -0.2) is 56.5 Å². The second-order valence-corrected chi connectivity index (χ2v) is 5.85. The number of amides is 3. The summed E-state index contributed by atoms with van der Waals surface area (Å²) in [5, 5.41) is 14.6. The molecule has 0 bridgehead atoms. The van der Waals surface area contributed by atoms with Gasteiger partial charge in [-0.05, 0) is 18.6 Å². The lowest BCUT2D eigenvalue weighted by molar-refractivity contribution is -0.117. The molecule has 1 heterocycles. The molecule has 2 rings (SSSR count). The van der Waals surface area contributed by atoms with Crippen molar-refractivity contribution in [1.82, 2.24) is 10.6 Å². The van der Waals surface area contributed by atoms with Crippen molar-refractivity contribution in [2.75, 3.05) is 32.3 Å². The quantitative estimate of drug-likeness (QED) is 0.677. The molecule has 1 aliphatic heterocycles. The van der Waals surface area contributed by atoms with Gasteiger partial charge in [-0.25, -0.2) is 4.79 Å². The largest absolute Gasteiger partial charge is 0.493 e. The van der Waals surface area contributed by atoms with E-state index >= 15 is 0 Å². The van der Waals surface area contributed by atoms with Gasteiger partial charge in [0, 0.05) is 24.7 Å². The number of benzene rings is 1. The first kappa shape index (κ1) is 18.9. The van der Waals surface area contributed by atoms with Crippen LogP contribution in [0.1, 0.15) is 19.8 Å². The molecule has 3 N–H and O–H groups in total. The van der Waals surface area contributed by atoms with Crippen molar-refractivity contribution in [1.29, 1.82) is 0 Å². The van der Waals surface area contributed by atoms with Crippen LogP contribution in [0.15, 0.2) is 18.2 Å². The van der Waals surface area contributed by atoms with Crippen molar-refractivity contribution >= 4 is 17.6 Å². The average molecular weight is 351 g/mol. The normalized spacial score (nSPS) is 18.0. The summed E-state index contributed by atoms with van der Waals surface area (Å²) in [7, 11) is 3.08. The highest BCUT2D eigenvalue weighted by Crippen LogP contribution is 2.33. The molecule has 8 nitrogen and oxygen atoms in total. The molecule has 8 heteroatoms. The van der Waals surface area contributed by atoms with Gasteiger partial charge in [0.25, 0.3) is 0 Å². The van der Waals surface area contributed by atoms with Gasteiger partial charge in [-0.15, -0.1) is 0 Å². The van der Waals surface area contributed by atoms with Crippen LogP contribution < -0.4 is 25.0 Å². The summed E-state index contributed by atoms with van der Waals surface area (Å²) in [6.07, 6.45) is 0.850. The van der Waals surface area contributed by atoms with Crippen molar-refractivity contribution in [3.63, 3.8) is 0 Å². The van der Waals surface area contributed by atoms with Gasteiger partial charge >= 0.3 is 6.03 Å². The van der Waals surface area contributed by atoms with E-state index in [-0.39, 0.29) is 37.0 Å². The number of nitrogens with zero attached hydrogens (tertiary/aromatic N) is 1. The maximum Gasteiger partial charge on any atom is 0.315 e. The molecule has 0 aliphatic carbocycles. The van der Waals surface area contributed by atoms with E-state index in [0.29, 0.717) is 30.2 Å². The number of aliphatic hydroxyl groups excluding tert-OH is 1. The summed E-state index contributed by atoms with van der Waals surface area (Å²) >= 11 is 0. The third-order valence-electron chi connectivity index (χ3n) is 4.19. The number of carbonyl (C=O) groups excluding carboxylic acids is 2. The monoisotopic (exact) mass is 351 g/mol. The van der Waals surface area contributed by atoms with E-state index in [9.17, 15) is 9.59 Å². The van der Waals surface area contributed by atoms with Crippen molar-refractivity contribution in [2.45, 2.75) is 31.8 Å². The van der Waals surface area contributed by atoms with Gasteiger partial charge < -0.3 is 30.1 Å². The number of hydrogen-bond acceptors (Lipinski definition) is 5. The maximum atomic E-state index is 12.3. The highest BCUT2D eigenvalue weighted by molar-refractivity contribution is 5.97. The Morgan fingerprint density at radius 2 is 2.08 bits per heavy atom. The first-order chi connectivity index (χ1) is 12.0. The van der Waals surface area contributed by atoms with E-state index in [1.165, 1.54) is 7.11 Å². The first-order valence-corrected chi connectivity index (χ1v) is 8.22. The van der Waals surface area contributed by atoms with Gasteiger partial charge in [-0.1, -0.05) is 6.92 Å². The summed E-state index contributed by atoms with van der Waals surface area (Å²) in [6, 6.07) is 4.28. The fourth-order valence-corrected chi connectivity index (χ4v) is 2.74. The minimum Gasteiger partial charge on any atom is -0.493 e. The van der Waals surface area contributed by atoms with Crippen molar-refractivity contribution in [3.05, 3.63) is 18.2 Å². The SMILES string of the molecule is CC[C@H](CO)NC(=O)N[C@@H]1CC(=O)N(c2ccc(OC)c(OC)c2)C1. The van der Waals surface area contributed by atoms with Gasteiger partial charge in [0.2, 0.25) is 5.91 Å². The zero-order valence-corrected chi connectivity index (χ0v) is 14.7. The number of hydrogen-bond donors (Lipinski definition) is 3. The number of anilines is 1. The minimum atomic E-state index is -0.382. The van der Waals surface area contributed by atoms with Crippen LogP contribution in [0.3, 0.4) is 0 Å². The van der Waals surface area contributed by atoms with Crippen molar-refractivity contribution < 1.29 is 24.2 Å². The van der Waals surface area contributed by atoms with E-state index in [1.807, 2.05) is 6.92 Å². The number of aliphatic hydroxyl groups is 1. The Bertz CT molecular complexity index is 618. The first-order valence-electron chi connectivity index (χ1n) is 8.22. The highest BCUT2D eigenvalue weighted by Gasteiger charge is 2.32. The second-order valence-electron chi connectivity index (χ2n) is 5.85. The van der Waals surface area contributed by atoms with E-state index in [4.69, 9.17) is 14.6 Å². The smallest absolute Gasteiger partial charge is 0.315 e. The lowest BCUT2D eigenvalue weighted by atomic mass is 10.2. The Balaban J connectivity index is 2.01. The fourth-order valence-electron chi connectivity index (χ4n) is 2.74. The van der Waals surface area contributed by atoms with Gasteiger partial charge in [-0.2, -0.15) is 0 Å². The number of nitrogens with one attached hydrogen (secondary N) is 2. The number of carbonyl (C=O) groups is 2. The predicted octanol–water partition coefficient (Wildman–Crippen LogP) is 0.879. The van der Waals surface area contributed by atoms with Crippen LogP contribution in [-0.2, 0) is 4.79 Å². The molecule has 0 saturated carbocycles. The summed E-state index contributed by atoms with van der Waals surface area (Å²) < 4.78 is 10.5. The minimum absolute atomic E-state index is 0.0771. The zero-order valence-electron chi connectivity index (χ0n) is 14.7. The molecule has 0 unspecified atom stereocenters. The predicted molar refractivity (Wildman–Crippen MR) is 93.1 cm³/mol. The van der Waals surface area contributed by atoms with Gasteiger partial charge in [0.15, 0.2) is 11.5 Å². The molecule has 1 aliphatic rings. The number of urea groups is 1. The molecule has 1 aromatic carbocycles. The van der Waals surface area contributed by atoms with Gasteiger partial charge in [0.1, 0.15) is 0 Å². The third kappa shape index (κ3) is 4.54. The number of rotatable bonds is 7. The summed E-state index contributed by atoms with van der Waals surface area (Å²) in [5.41, 5.74) is 0.689. The Morgan fingerprint density at radius 1 is 1.36 bits per heavy atom. The Labute approximate surface area is 147 Å². The van der Waals surface area contributed by atoms with Crippen molar-refractivity contribution in [3.8, 4) is 11.5 Å². The molecule has 138 valence electrons. The summed E-state index contributed by atoms with van der Waals surface area (Å²) in [4.78, 5) is 25.9. The number of ether oxygens (including phenoxy) is 2. The Kier molecular flexibility index (Phi) is 6.46. The van der Waals surface area contributed by atoms with E-state index in [0.717, 1.165) is 0 Å². The molecule has 1 aromatic rings. The topological polar surface area (TPSA) is 100 Å². The van der Waals surface area contributed by atoms with E-state index in [1.54, 1.807) is 30.2 Å². The summed E-state index contributed by atoms with van der Waals surface area (Å²) in [6.45, 7) is 2.13. The lowest BCUT2D eigenvalue weighted by Gasteiger charge is -2.20. The van der Waals surface area contributed by atoms with Crippen LogP contribution in [0.2, 0.25) is 0 Å². The maximum absolute atomic E-state index is 12.3. The summed E-state index contributed by atoms with van der Waals surface area (Å²) in [5.74, 6) is 1.05. The molecule has 1 fully saturated rings. The highest BCUT2D eigenvalue weighted by atomic mass is 16.5. The van der Waals surface area contributed by atoms with E-state index < -0.39 is 0 Å². The molecule has 1 saturated heterocycles. The van der Waals surface area contributed by atoms with Crippen LogP contribution in [0, 0.1) is 0 Å². The standard InChI is InChI=1S/C17H25N3O5/c1-4-11(10-21)18-17(23)19-12-7-16(22)20(9-12)13-5-6-14(24-2)15(8-13)25-3/h5-6,8,11-12,21H,4,7,9-10H2,1-3H3,(H2,18,19,23)/t11-,12-/m1/s1. The van der Waals surface area contributed by atoms with Crippen LogP contribution in [0.5, 0.6) is 11.5 Å². The average Bonchev–Trinajstić information content (AvgIpc) is 2.98. The molecule has 2 atom stereocenters. The van der Waals surface area contributed by atoms with Crippen LogP contribution in [0.25, 0.3) is 0 Å². The molecule has 0 spiro atoms. The molecule has 3 amide bonds. The fraction of sp³-hybridized carbons (Fsp3) is 0.529. The Hall–Kier alpha value is -2.48. The third-order valence-corrected chi connectivity index (χ3v) is 4.19. The second kappa shape index (κ2) is 8.57. The molecule has 25 heavy (non-hydrogen) atoms. The van der Waals surface area contributed by atoms with Crippen LogP contribution in [0.4, 0.5) is 10.5 Å².